The minimum absolute atomic E-state index is 0.385. The summed E-state index contributed by atoms with van der Waals surface area (Å²) in [6.07, 6.45) is 28.5. The fourth-order valence-corrected chi connectivity index (χ4v) is 20.8. The summed E-state index contributed by atoms with van der Waals surface area (Å²) >= 11 is 9.67. The van der Waals surface area contributed by atoms with Gasteiger partial charge in [0.2, 0.25) is 5.88 Å². The first-order valence-electron chi connectivity index (χ1n) is 43.7. The first kappa shape index (κ1) is 95.1. The molecule has 20 heterocycles. The summed E-state index contributed by atoms with van der Waals surface area (Å²) in [4.78, 5) is 168. The Bertz CT molecular complexity index is 9080. The molecule has 0 bridgehead atoms. The van der Waals surface area contributed by atoms with E-state index in [9.17, 15) is 38.4 Å². The first-order chi connectivity index (χ1) is 69.5. The molecule has 0 atom stereocenters. The van der Waals surface area contributed by atoms with E-state index in [0.717, 1.165) is 249 Å². The van der Waals surface area contributed by atoms with Crippen LogP contribution >= 0.6 is 61.7 Å². The van der Waals surface area contributed by atoms with Crippen molar-refractivity contribution in [2.24, 2.45) is 0 Å². The van der Waals surface area contributed by atoms with Crippen molar-refractivity contribution in [2.45, 2.75) is 50.5 Å². The van der Waals surface area contributed by atoms with Crippen LogP contribution in [0.2, 0.25) is 0 Å². The average molecular weight is 2020 g/mol. The summed E-state index contributed by atoms with van der Waals surface area (Å²) in [6.45, 7) is 8.92. The highest BCUT2D eigenvalue weighted by molar-refractivity contribution is 9.10. The Morgan fingerprint density at radius 2 is 0.930 bits per heavy atom. The number of fused-ring (bicyclic) bond motifs is 24. The zero-order valence-corrected chi connectivity index (χ0v) is 81.1. The SMILES string of the molecule is CCCCNc1ncnc2c1sc1ncc(C=O)cc12.COc1cc2[nH]c3c(C)nccc3c2c(Br)c1C=O.COc1cc2[nH]c3c(C)nccc3c2cc1C=O.COc1ncnc2c1sc1ncc(C=O)cc12.Cc1nccc2c1[nH]c1ccc(C=O)cc12.O=Cc1ccc2[nH]c3cnccc3c2c1.O=Cc1ccc2oc3cccnc3c2n1.O=Cc1cnc2sc3c(Sc4ccccc4)ncnc3c2c1. The number of pyridine rings is 9. The van der Waals surface area contributed by atoms with Gasteiger partial charge in [-0.3, -0.25) is 63.3 Å². The van der Waals surface area contributed by atoms with Crippen molar-refractivity contribution in [3.05, 3.63) is 293 Å². The second-order valence-corrected chi connectivity index (χ2v) is 36.4. The predicted molar refractivity (Wildman–Crippen MR) is 560 cm³/mol. The van der Waals surface area contributed by atoms with E-state index >= 15 is 0 Å². The lowest BCUT2D eigenvalue weighted by molar-refractivity contribution is 0.111. The van der Waals surface area contributed by atoms with Gasteiger partial charge in [0.1, 0.15) is 89.8 Å². The van der Waals surface area contributed by atoms with E-state index in [1.807, 2.05) is 130 Å². The van der Waals surface area contributed by atoms with Crippen molar-refractivity contribution in [3.63, 3.8) is 0 Å². The summed E-state index contributed by atoms with van der Waals surface area (Å²) < 4.78 is 24.7. The Morgan fingerprint density at radius 1 is 0.401 bits per heavy atom. The third kappa shape index (κ3) is 19.5. The molecule has 5 N–H and O–H groups in total. The molecule has 0 unspecified atom stereocenters. The van der Waals surface area contributed by atoms with Crippen LogP contribution in [0.4, 0.5) is 5.82 Å². The molecule has 700 valence electrons. The third-order valence-electron chi connectivity index (χ3n) is 22.8. The van der Waals surface area contributed by atoms with E-state index in [0.29, 0.717) is 90.5 Å². The van der Waals surface area contributed by atoms with Crippen LogP contribution in [0.15, 0.2) is 245 Å². The van der Waals surface area contributed by atoms with Crippen molar-refractivity contribution < 1.29 is 57.0 Å². The number of aryl methyl sites for hydroxylation is 3. The van der Waals surface area contributed by atoms with E-state index in [1.165, 1.54) is 17.7 Å². The zero-order chi connectivity index (χ0) is 98.6. The maximum Gasteiger partial charge on any atom is 0.234 e. The molecule has 25 rings (SSSR count). The van der Waals surface area contributed by atoms with E-state index in [4.69, 9.17) is 18.6 Å². The number of thiophene rings is 3. The van der Waals surface area contributed by atoms with Gasteiger partial charge in [-0.2, -0.15) is 0 Å². The predicted octanol–water partition coefficient (Wildman–Crippen LogP) is 23.5. The normalized spacial score (nSPS) is 11.0. The number of halogens is 1. The van der Waals surface area contributed by atoms with Crippen LogP contribution in [-0.2, 0) is 0 Å². The van der Waals surface area contributed by atoms with Crippen LogP contribution in [0.3, 0.4) is 0 Å². The van der Waals surface area contributed by atoms with Gasteiger partial charge < -0.3 is 43.9 Å². The van der Waals surface area contributed by atoms with Gasteiger partial charge >= 0.3 is 0 Å². The number of ether oxygens (including phenoxy) is 3. The molecule has 0 amide bonds. The number of aldehydes is 8. The molecule has 142 heavy (non-hydrogen) atoms. The smallest absolute Gasteiger partial charge is 0.234 e. The Labute approximate surface area is 827 Å². The molecule has 32 nitrogen and oxygen atoms in total. The summed E-state index contributed by atoms with van der Waals surface area (Å²) in [5, 5.41) is 15.4. The monoisotopic (exact) mass is 2020 g/mol. The minimum atomic E-state index is 0.385. The van der Waals surface area contributed by atoms with E-state index in [1.54, 1.807) is 155 Å². The van der Waals surface area contributed by atoms with Gasteiger partial charge in [0, 0.05) is 176 Å². The van der Waals surface area contributed by atoms with Crippen molar-refractivity contribution in [2.75, 3.05) is 33.2 Å². The number of carbonyl (C=O) groups is 8. The average Bonchev–Trinajstić information content (AvgIpc) is 1.59. The number of rotatable bonds is 17. The number of nitrogens with one attached hydrogen (secondary N) is 5. The number of aromatic amines is 4. The molecule has 0 saturated carbocycles. The molecule has 0 saturated heterocycles. The van der Waals surface area contributed by atoms with Crippen molar-refractivity contribution in [1.29, 1.82) is 0 Å². The van der Waals surface area contributed by atoms with E-state index in [2.05, 4.69) is 135 Å². The highest BCUT2D eigenvalue weighted by Crippen LogP contribution is 2.43. The molecule has 20 aromatic heterocycles. The Morgan fingerprint density at radius 3 is 1.53 bits per heavy atom. The molecule has 37 heteroatoms. The number of furan rings is 1. The van der Waals surface area contributed by atoms with Gasteiger partial charge in [-0.05, 0) is 164 Å². The standard InChI is InChI=1S/C16H9N3OS2.C14H11BrN2O2.C14H14N4OS.C14H12N2O2.C13H10N2O.C12H8N2O.C11H7N3O2S.C11H6N2O2/c20-8-10-6-12-13-14(22-15(12)17-7-10)16(19-9-18-13)21-11-4-2-1-3-5-11;1-7-14-8(3-4-16-7)12-10(17-14)5-11(19-2)9(6-18)13(12)15;1-2-3-4-15-13-12-11(17-8-18-13)10-5-9(7-19)6-16-14(10)20-12;1-8-14-10(3-4-15-8)11-5-9(7-17)13(18-2)6-12(11)16-14;1-8-13-10(4-5-14-8)11-6-9(7-16)2-3-12(11)15-13;15-7-8-1-2-11-10(5-8)9-3-4-13-6-12(9)14-11;1-16-10-9-8(13-5-14-10)7-2-6(4-15)3-12-11(7)17-9;14-6-7-3-4-9-11(13-7)10-8(15-9)2-1-5-12-10/h1-9H;3-6,17H,1-2H3;5-8H,2-4H2,1H3,(H,15,17,18);3-7,16H,1-2H3;2-7,15H,1H3;1-7,14H;2-5H,1H3;1-6H. The minimum Gasteiger partial charge on any atom is -0.496 e. The molecule has 0 fully saturated rings. The molecule has 0 aliphatic heterocycles. The maximum atomic E-state index is 11.2. The largest absolute Gasteiger partial charge is 0.496 e. The number of H-pyrrole nitrogens is 4. The molecule has 0 aliphatic carbocycles. The quantitative estimate of drug-likeness (QED) is 0.0321. The Kier molecular flexibility index (Phi) is 28.6. The fraction of sp³-hybridized carbons (Fsp3) is 0.0952. The third-order valence-corrected chi connectivity index (χ3v) is 28.1. The summed E-state index contributed by atoms with van der Waals surface area (Å²) in [5.74, 6) is 2.51. The number of methoxy groups -OCH3 is 3. The maximum absolute atomic E-state index is 11.2. The van der Waals surface area contributed by atoms with Crippen molar-refractivity contribution in [1.82, 2.24) is 94.7 Å². The number of carbonyl (C=O) groups excluding carboxylic acids is 8. The van der Waals surface area contributed by atoms with Gasteiger partial charge in [-0.25, -0.2) is 49.8 Å². The lowest BCUT2D eigenvalue weighted by atomic mass is 10.1. The highest BCUT2D eigenvalue weighted by Gasteiger charge is 2.22. The fourth-order valence-electron chi connectivity index (χ4n) is 16.0. The van der Waals surface area contributed by atoms with Crippen molar-refractivity contribution >= 4 is 289 Å². The van der Waals surface area contributed by atoms with Crippen LogP contribution in [-0.4, -0.2) is 173 Å². The molecular formula is C105H77BrN20O12S4. The number of benzene rings is 5. The zero-order valence-electron chi connectivity index (χ0n) is 76.2. The molecule has 25 aromatic rings. The van der Waals surface area contributed by atoms with Crippen LogP contribution in [0.25, 0.3) is 171 Å². The number of unbranched alkanes of at least 4 members (excludes halogenated alkanes) is 1. The lowest BCUT2D eigenvalue weighted by Crippen LogP contribution is -2.02. The summed E-state index contributed by atoms with van der Waals surface area (Å²) in [7, 11) is 4.68. The molecule has 0 aliphatic rings. The van der Waals surface area contributed by atoms with Gasteiger partial charge in [-0.15, -0.1) is 34.0 Å². The van der Waals surface area contributed by atoms with Crippen LogP contribution in [0.5, 0.6) is 17.4 Å². The van der Waals surface area contributed by atoms with Crippen LogP contribution in [0, 0.1) is 20.8 Å². The first-order valence-corrected chi connectivity index (χ1v) is 47.7. The highest BCUT2D eigenvalue weighted by atomic mass is 79.9. The molecule has 0 spiro atoms. The second-order valence-electron chi connectivity index (χ2n) is 31.5. The summed E-state index contributed by atoms with van der Waals surface area (Å²) in [5.41, 5.74) is 20.4. The molecular weight excluding hydrogens is 1940 g/mol. The van der Waals surface area contributed by atoms with E-state index < -0.39 is 0 Å². The number of aromatic nitrogens is 19. The molecule has 0 radical (unpaired) electrons. The summed E-state index contributed by atoms with van der Waals surface area (Å²) in [6, 6.07) is 47.1. The topological polar surface area (TPSA) is 446 Å². The number of hydrogen-bond donors (Lipinski definition) is 5. The van der Waals surface area contributed by atoms with Crippen LogP contribution in [0.1, 0.15) is 120 Å². The lowest BCUT2D eigenvalue weighted by Gasteiger charge is -2.06. The van der Waals surface area contributed by atoms with Crippen LogP contribution < -0.4 is 19.5 Å². The Balaban J connectivity index is 0.000000107. The van der Waals surface area contributed by atoms with Gasteiger partial charge in [0.15, 0.2) is 48.9 Å². The van der Waals surface area contributed by atoms with Crippen molar-refractivity contribution in [3.8, 4) is 17.4 Å². The molecule has 5 aromatic carbocycles. The number of anilines is 1. The number of nitrogens with zero attached hydrogens (tertiary/aromatic N) is 15. The van der Waals surface area contributed by atoms with Gasteiger partial charge in [0.25, 0.3) is 0 Å². The van der Waals surface area contributed by atoms with Gasteiger partial charge in [0.05, 0.1) is 115 Å². The Hall–Kier alpha value is -17.3. The van der Waals surface area contributed by atoms with Gasteiger partial charge in [-0.1, -0.05) is 43.3 Å². The second kappa shape index (κ2) is 42.8. The number of hydrogen-bond acceptors (Lipinski definition) is 32. The van der Waals surface area contributed by atoms with E-state index in [-0.39, 0.29) is 0 Å².